The van der Waals surface area contributed by atoms with Gasteiger partial charge in [-0.3, -0.25) is 9.59 Å². The van der Waals surface area contributed by atoms with Crippen LogP contribution in [-0.2, 0) is 9.53 Å². The number of carbonyl (C=O) groups is 3. The molecule has 2 aromatic heterocycles. The number of rotatable bonds is 11. The van der Waals surface area contributed by atoms with Crippen LogP contribution in [0.15, 0.2) is 28.8 Å². The normalized spacial score (nSPS) is 10.3. The van der Waals surface area contributed by atoms with E-state index in [9.17, 15) is 14.4 Å². The van der Waals surface area contributed by atoms with E-state index in [0.717, 1.165) is 24.3 Å². The van der Waals surface area contributed by atoms with E-state index >= 15 is 0 Å². The highest BCUT2D eigenvalue weighted by Crippen LogP contribution is 2.23. The smallest absolute Gasteiger partial charge is 0.350 e. The number of nitrogens with zero attached hydrogens (tertiary/aromatic N) is 3. The van der Waals surface area contributed by atoms with Crippen LogP contribution in [0.5, 0.6) is 0 Å². The number of nitrogens with one attached hydrogen (secondary N) is 3. The fourth-order valence-electron chi connectivity index (χ4n) is 2.94. The molecule has 3 N–H and O–H groups in total. The van der Waals surface area contributed by atoms with Gasteiger partial charge in [0.15, 0.2) is 5.13 Å². The number of ether oxygens (including phenoxy) is 1. The van der Waals surface area contributed by atoms with Gasteiger partial charge in [-0.15, -0.1) is 0 Å². The summed E-state index contributed by atoms with van der Waals surface area (Å²) >= 11 is 1.06. The summed E-state index contributed by atoms with van der Waals surface area (Å²) in [7, 11) is 1.96. The number of benzene rings is 1. The predicted molar refractivity (Wildman–Crippen MR) is 142 cm³/mol. The number of hydrogen-bond acceptors (Lipinski definition) is 10. The first-order valence-electron chi connectivity index (χ1n) is 12.1. The van der Waals surface area contributed by atoms with Crippen LogP contribution in [0.2, 0.25) is 0 Å². The zero-order chi connectivity index (χ0) is 27.2. The number of esters is 1. The summed E-state index contributed by atoms with van der Waals surface area (Å²) in [4.78, 5) is 45.3. The van der Waals surface area contributed by atoms with Gasteiger partial charge in [-0.2, -0.15) is 4.98 Å². The van der Waals surface area contributed by atoms with E-state index in [-0.39, 0.29) is 24.8 Å². The van der Waals surface area contributed by atoms with Crippen molar-refractivity contribution in [3.63, 3.8) is 0 Å². The van der Waals surface area contributed by atoms with Gasteiger partial charge < -0.3 is 25.2 Å². The Hall–Kier alpha value is -3.64. The van der Waals surface area contributed by atoms with Gasteiger partial charge in [0.05, 0.1) is 12.3 Å². The first-order chi connectivity index (χ1) is 17.8. The van der Waals surface area contributed by atoms with Crippen molar-refractivity contribution < 1.29 is 23.6 Å². The van der Waals surface area contributed by atoms with Crippen molar-refractivity contribution in [1.29, 1.82) is 0 Å². The predicted octanol–water partition coefficient (Wildman–Crippen LogP) is 3.75. The molecule has 1 aromatic carbocycles. The molecule has 0 fully saturated rings. The average Bonchev–Trinajstić information content (AvgIpc) is 3.48. The Kier molecular flexibility index (Phi) is 12.4. The molecular weight excluding hydrogens is 496 g/mol. The van der Waals surface area contributed by atoms with Gasteiger partial charge in [0.2, 0.25) is 17.6 Å². The Labute approximate surface area is 220 Å². The average molecular weight is 531 g/mol. The summed E-state index contributed by atoms with van der Waals surface area (Å²) in [5.41, 5.74) is 1.56. The third kappa shape index (κ3) is 9.73. The van der Waals surface area contributed by atoms with Crippen LogP contribution < -0.4 is 16.0 Å². The summed E-state index contributed by atoms with van der Waals surface area (Å²) < 4.78 is 10.1. The SMILES string of the molecule is CCCNC.CCCOC(=O)c1sc(NC(=O)CCNC(=O)c2cccc(-c3noc(C)n3)c2)nc1C. The number of hydrogen-bond donors (Lipinski definition) is 3. The van der Waals surface area contributed by atoms with Crippen molar-refractivity contribution in [2.75, 3.05) is 32.1 Å². The van der Waals surface area contributed by atoms with Crippen LogP contribution in [0.4, 0.5) is 5.13 Å². The largest absolute Gasteiger partial charge is 0.461 e. The first-order valence-corrected chi connectivity index (χ1v) is 12.9. The molecule has 200 valence electrons. The van der Waals surface area contributed by atoms with Gasteiger partial charge in [0.25, 0.3) is 5.91 Å². The molecular formula is C25H34N6O5S. The number of aryl methyl sites for hydroxylation is 2. The molecule has 0 aliphatic heterocycles. The molecule has 3 rings (SSSR count). The Balaban J connectivity index is 0.000000877. The maximum absolute atomic E-state index is 12.4. The fraction of sp³-hybridized carbons (Fsp3) is 0.440. The van der Waals surface area contributed by atoms with Crippen molar-refractivity contribution in [1.82, 2.24) is 25.8 Å². The van der Waals surface area contributed by atoms with E-state index in [0.29, 0.717) is 45.2 Å². The minimum atomic E-state index is -0.451. The van der Waals surface area contributed by atoms with Gasteiger partial charge in [0.1, 0.15) is 4.88 Å². The summed E-state index contributed by atoms with van der Waals surface area (Å²) in [6.45, 7) is 9.02. The second kappa shape index (κ2) is 15.5. The summed E-state index contributed by atoms with van der Waals surface area (Å²) in [6, 6.07) is 6.80. The molecule has 11 nitrogen and oxygen atoms in total. The van der Waals surface area contributed by atoms with Crippen molar-refractivity contribution in [3.05, 3.63) is 46.3 Å². The quantitative estimate of drug-likeness (QED) is 0.315. The third-order valence-corrected chi connectivity index (χ3v) is 5.77. The number of aromatic nitrogens is 3. The molecule has 0 atom stereocenters. The fourth-order valence-corrected chi connectivity index (χ4v) is 3.82. The second-order valence-electron chi connectivity index (χ2n) is 7.94. The monoisotopic (exact) mass is 530 g/mol. The van der Waals surface area contributed by atoms with E-state index in [4.69, 9.17) is 9.26 Å². The highest BCUT2D eigenvalue weighted by Gasteiger charge is 2.18. The molecule has 2 amide bonds. The zero-order valence-electron chi connectivity index (χ0n) is 21.8. The maximum atomic E-state index is 12.4. The van der Waals surface area contributed by atoms with Crippen LogP contribution in [-0.4, -0.2) is 59.7 Å². The highest BCUT2D eigenvalue weighted by molar-refractivity contribution is 7.17. The van der Waals surface area contributed by atoms with Crippen molar-refractivity contribution >= 4 is 34.3 Å². The topological polar surface area (TPSA) is 148 Å². The summed E-state index contributed by atoms with van der Waals surface area (Å²) in [5, 5.41) is 12.5. The molecule has 37 heavy (non-hydrogen) atoms. The lowest BCUT2D eigenvalue weighted by Gasteiger charge is -2.06. The van der Waals surface area contributed by atoms with Gasteiger partial charge in [-0.05, 0) is 45.5 Å². The summed E-state index contributed by atoms with van der Waals surface area (Å²) in [6.07, 6.45) is 2.00. The Morgan fingerprint density at radius 1 is 1.08 bits per heavy atom. The minimum Gasteiger partial charge on any atom is -0.461 e. The highest BCUT2D eigenvalue weighted by atomic mass is 32.1. The molecule has 0 aliphatic rings. The first kappa shape index (κ1) is 29.6. The van der Waals surface area contributed by atoms with E-state index in [1.165, 1.54) is 6.42 Å². The number of anilines is 1. The molecule has 0 unspecified atom stereocenters. The van der Waals surface area contributed by atoms with E-state index in [1.807, 2.05) is 14.0 Å². The van der Waals surface area contributed by atoms with Crippen LogP contribution in [0.3, 0.4) is 0 Å². The molecule has 0 spiro atoms. The standard InChI is InChI=1S/C21H23N5O5S.C4H11N/c1-4-10-30-20(29)17-12(2)23-21(32-17)25-16(27)8-9-22-19(28)15-7-5-6-14(11-15)18-24-13(3)31-26-18;1-3-4-5-2/h5-7,11H,4,8-10H2,1-3H3,(H,22,28)(H,23,25,27);5H,3-4H2,1-2H3. The van der Waals surface area contributed by atoms with Crippen LogP contribution in [0, 0.1) is 13.8 Å². The lowest BCUT2D eigenvalue weighted by Crippen LogP contribution is -2.27. The second-order valence-corrected chi connectivity index (χ2v) is 8.94. The van der Waals surface area contributed by atoms with Gasteiger partial charge in [-0.25, -0.2) is 9.78 Å². The zero-order valence-corrected chi connectivity index (χ0v) is 22.7. The van der Waals surface area contributed by atoms with Crippen molar-refractivity contribution in [2.45, 2.75) is 47.0 Å². The molecule has 0 radical (unpaired) electrons. The molecule has 0 aliphatic carbocycles. The van der Waals surface area contributed by atoms with E-state index < -0.39 is 5.97 Å². The van der Waals surface area contributed by atoms with Gasteiger partial charge in [-0.1, -0.05) is 42.5 Å². The van der Waals surface area contributed by atoms with E-state index in [2.05, 4.69) is 38.0 Å². The Bertz CT molecular complexity index is 1170. The molecule has 12 heteroatoms. The van der Waals surface area contributed by atoms with Crippen molar-refractivity contribution in [3.8, 4) is 11.4 Å². The van der Waals surface area contributed by atoms with E-state index in [1.54, 1.807) is 38.1 Å². The molecule has 3 aromatic rings. The molecule has 2 heterocycles. The Morgan fingerprint density at radius 3 is 2.49 bits per heavy atom. The number of thiazole rings is 1. The maximum Gasteiger partial charge on any atom is 0.350 e. The lowest BCUT2D eigenvalue weighted by atomic mass is 10.1. The molecule has 0 saturated carbocycles. The number of carbonyl (C=O) groups excluding carboxylic acids is 3. The minimum absolute atomic E-state index is 0.0453. The van der Waals surface area contributed by atoms with Crippen LogP contribution in [0.1, 0.15) is 64.7 Å². The number of amides is 2. The van der Waals surface area contributed by atoms with Crippen LogP contribution in [0.25, 0.3) is 11.4 Å². The third-order valence-electron chi connectivity index (χ3n) is 4.71. The van der Waals surface area contributed by atoms with Gasteiger partial charge >= 0.3 is 5.97 Å². The van der Waals surface area contributed by atoms with Gasteiger partial charge in [0, 0.05) is 31.0 Å². The van der Waals surface area contributed by atoms with Crippen LogP contribution >= 0.6 is 11.3 Å². The van der Waals surface area contributed by atoms with Crippen molar-refractivity contribution in [2.24, 2.45) is 0 Å². The lowest BCUT2D eigenvalue weighted by molar-refractivity contribution is -0.116. The molecule has 0 bridgehead atoms. The summed E-state index contributed by atoms with van der Waals surface area (Å²) in [5.74, 6) is -0.281. The molecule has 0 saturated heterocycles. The Morgan fingerprint density at radius 2 is 1.86 bits per heavy atom.